The first-order valence-corrected chi connectivity index (χ1v) is 20.5. The lowest BCUT2D eigenvalue weighted by Crippen LogP contribution is -2.58. The van der Waals surface area contributed by atoms with Crippen molar-refractivity contribution in [1.29, 1.82) is 5.26 Å². The van der Waals surface area contributed by atoms with E-state index in [2.05, 4.69) is 39.6 Å². The molecule has 14 nitrogen and oxygen atoms in total. The molecule has 0 bridgehead atoms. The lowest BCUT2D eigenvalue weighted by molar-refractivity contribution is -0.133. The number of carbonyl (C=O) groups is 5. The molecule has 2 aromatic carbocycles. The number of piperidine rings is 1. The van der Waals surface area contributed by atoms with Crippen LogP contribution in [0.4, 0.5) is 16.2 Å². The van der Waals surface area contributed by atoms with Crippen LogP contribution in [0.5, 0.6) is 0 Å². The van der Waals surface area contributed by atoms with Crippen LogP contribution in [0.1, 0.15) is 78.2 Å². The molecule has 6 rings (SSSR count). The van der Waals surface area contributed by atoms with Crippen molar-refractivity contribution in [1.82, 2.24) is 24.3 Å². The van der Waals surface area contributed by atoms with Crippen molar-refractivity contribution < 1.29 is 28.7 Å². The largest absolute Gasteiger partial charge is 0.378 e. The van der Waals surface area contributed by atoms with Crippen molar-refractivity contribution in [3.05, 3.63) is 53.1 Å². The minimum Gasteiger partial charge on any atom is -0.378 e. The van der Waals surface area contributed by atoms with Crippen LogP contribution in [-0.4, -0.2) is 117 Å². The predicted molar refractivity (Wildman–Crippen MR) is 221 cm³/mol. The van der Waals surface area contributed by atoms with E-state index in [0.29, 0.717) is 34.9 Å². The summed E-state index contributed by atoms with van der Waals surface area (Å²) in [5.41, 5.74) is 0.685. The number of nitrogens with zero attached hydrogens (tertiary/aromatic N) is 5. The van der Waals surface area contributed by atoms with Crippen molar-refractivity contribution >= 4 is 77.0 Å². The molecule has 6 amide bonds. The SMILES string of the molecule is C[C@@H]1CN(CCCOC2CCC(N3C(=O)N(Sc4ccc(C#N)c(Cl)c4)C(=O)C3(C)C)CC2)C[C@H](C)N1CC(=O)Nc1cccc(NC2CCC(=O)NC2=O)c1.Cl. The number of rotatable bonds is 13. The maximum Gasteiger partial charge on any atom is 0.338 e. The number of benzene rings is 2. The van der Waals surface area contributed by atoms with Gasteiger partial charge in [-0.15, -0.1) is 12.4 Å². The first-order chi connectivity index (χ1) is 26.7. The van der Waals surface area contributed by atoms with E-state index in [4.69, 9.17) is 16.3 Å². The topological polar surface area (TPSA) is 167 Å². The van der Waals surface area contributed by atoms with Crippen molar-refractivity contribution in [2.45, 2.75) is 113 Å². The number of nitriles is 1. The van der Waals surface area contributed by atoms with Crippen molar-refractivity contribution in [2.24, 2.45) is 0 Å². The first kappa shape index (κ1) is 44.2. The van der Waals surface area contributed by atoms with E-state index in [1.807, 2.05) is 24.3 Å². The Morgan fingerprint density at radius 3 is 2.39 bits per heavy atom. The Balaban J connectivity index is 0.00000620. The van der Waals surface area contributed by atoms with Crippen molar-refractivity contribution in [2.75, 3.05) is 43.4 Å². The zero-order valence-electron chi connectivity index (χ0n) is 32.8. The molecule has 57 heavy (non-hydrogen) atoms. The van der Waals surface area contributed by atoms with Gasteiger partial charge in [0, 0.05) is 67.1 Å². The summed E-state index contributed by atoms with van der Waals surface area (Å²) in [7, 11) is 0. The van der Waals surface area contributed by atoms with Gasteiger partial charge in [-0.1, -0.05) is 17.7 Å². The zero-order chi connectivity index (χ0) is 40.1. The average Bonchev–Trinajstić information content (AvgIpc) is 3.31. The van der Waals surface area contributed by atoms with Crippen LogP contribution in [0.3, 0.4) is 0 Å². The molecule has 1 saturated carbocycles. The summed E-state index contributed by atoms with van der Waals surface area (Å²) in [6.07, 6.45) is 4.84. The van der Waals surface area contributed by atoms with Gasteiger partial charge in [-0.2, -0.15) is 9.57 Å². The summed E-state index contributed by atoms with van der Waals surface area (Å²) in [5, 5.41) is 18.0. The number of piperazine rings is 1. The van der Waals surface area contributed by atoms with Gasteiger partial charge >= 0.3 is 6.03 Å². The number of nitrogens with one attached hydrogen (secondary N) is 3. The molecule has 3 heterocycles. The third-order valence-corrected chi connectivity index (χ3v) is 12.4. The molecule has 3 aliphatic heterocycles. The van der Waals surface area contributed by atoms with Gasteiger partial charge in [0.2, 0.25) is 17.7 Å². The Labute approximate surface area is 349 Å². The number of ether oxygens (including phenoxy) is 1. The highest BCUT2D eigenvalue weighted by atomic mass is 35.5. The molecule has 0 aromatic heterocycles. The lowest BCUT2D eigenvalue weighted by Gasteiger charge is -2.44. The third kappa shape index (κ3) is 10.6. The number of imide groups is 2. The van der Waals surface area contributed by atoms with E-state index >= 15 is 0 Å². The van der Waals surface area contributed by atoms with Crippen LogP contribution in [-0.2, 0) is 23.9 Å². The highest BCUT2D eigenvalue weighted by molar-refractivity contribution is 7.98. The summed E-state index contributed by atoms with van der Waals surface area (Å²) in [5.74, 6) is -0.987. The van der Waals surface area contributed by atoms with Crippen LogP contribution in [0, 0.1) is 11.3 Å². The minimum atomic E-state index is -0.981. The Kier molecular flexibility index (Phi) is 14.9. The summed E-state index contributed by atoms with van der Waals surface area (Å²) < 4.78 is 7.52. The predicted octanol–water partition coefficient (Wildman–Crippen LogP) is 5.65. The molecule has 3 saturated heterocycles. The Bertz CT molecular complexity index is 1860. The summed E-state index contributed by atoms with van der Waals surface area (Å²) >= 11 is 7.23. The molecule has 17 heteroatoms. The van der Waals surface area contributed by atoms with Crippen LogP contribution >= 0.6 is 36.0 Å². The van der Waals surface area contributed by atoms with Crippen LogP contribution in [0.15, 0.2) is 47.4 Å². The molecule has 1 aliphatic carbocycles. The molecule has 3 atom stereocenters. The van der Waals surface area contributed by atoms with Crippen molar-refractivity contribution in [3.8, 4) is 6.07 Å². The number of urea groups is 1. The molecular formula is C40H52Cl2N8O6S. The van der Waals surface area contributed by atoms with Gasteiger partial charge in [-0.3, -0.25) is 29.4 Å². The fourth-order valence-electron chi connectivity index (χ4n) is 8.27. The highest BCUT2D eigenvalue weighted by Crippen LogP contribution is 2.41. The quantitative estimate of drug-likeness (QED) is 0.0987. The van der Waals surface area contributed by atoms with Gasteiger partial charge < -0.3 is 25.2 Å². The van der Waals surface area contributed by atoms with E-state index in [-0.39, 0.29) is 84.3 Å². The monoisotopic (exact) mass is 842 g/mol. The van der Waals surface area contributed by atoms with Crippen molar-refractivity contribution in [3.63, 3.8) is 0 Å². The smallest absolute Gasteiger partial charge is 0.338 e. The molecule has 1 unspecified atom stereocenters. The van der Waals surface area contributed by atoms with Crippen LogP contribution in [0.25, 0.3) is 0 Å². The number of carbonyl (C=O) groups excluding carboxylic acids is 5. The second-order valence-electron chi connectivity index (χ2n) is 15.7. The fraction of sp³-hybridized carbons (Fsp3) is 0.550. The standard InChI is InChI=1S/C40H51ClN8O6S.ClH/c1-25-22-46(23-26(2)47(25)24-36(51)44-29-8-5-7-28(19-29)43-34-15-16-35(50)45-37(34)52)17-6-18-55-31-12-10-30(11-13-31)48-39(54)49(38(53)40(48,3)4)56-32-14-9-27(21-42)33(41)20-32;/h5,7-9,14,19-20,25-26,30-31,34,43H,6,10-13,15-18,22-24H2,1-4H3,(H,44,51)(H,45,50,52);1H/t25-,26+,30?,31?,34?;. The fourth-order valence-corrected chi connectivity index (χ4v) is 9.54. The molecule has 4 aliphatic rings. The number of anilines is 2. The summed E-state index contributed by atoms with van der Waals surface area (Å²) in [6, 6.07) is 13.6. The molecule has 4 fully saturated rings. The van der Waals surface area contributed by atoms with E-state index < -0.39 is 11.6 Å². The van der Waals surface area contributed by atoms with Crippen LogP contribution in [0.2, 0.25) is 5.02 Å². The Morgan fingerprint density at radius 1 is 1.02 bits per heavy atom. The van der Waals surface area contributed by atoms with E-state index in [1.54, 1.807) is 43.0 Å². The van der Waals surface area contributed by atoms with Crippen LogP contribution < -0.4 is 16.0 Å². The van der Waals surface area contributed by atoms with E-state index in [0.717, 1.165) is 63.7 Å². The van der Waals surface area contributed by atoms with E-state index in [9.17, 15) is 29.2 Å². The van der Waals surface area contributed by atoms with Gasteiger partial charge in [-0.05, 0) is 115 Å². The van der Waals surface area contributed by atoms with Gasteiger partial charge in [0.15, 0.2) is 0 Å². The molecule has 0 radical (unpaired) electrons. The maximum absolute atomic E-state index is 13.6. The number of hydrogen-bond donors (Lipinski definition) is 3. The third-order valence-electron chi connectivity index (χ3n) is 11.2. The Hall–Kier alpha value is -3.91. The minimum absolute atomic E-state index is 0. The Morgan fingerprint density at radius 2 is 1.72 bits per heavy atom. The highest BCUT2D eigenvalue weighted by Gasteiger charge is 2.54. The molecule has 308 valence electrons. The van der Waals surface area contributed by atoms with Gasteiger partial charge in [-0.25, -0.2) is 4.79 Å². The number of amides is 6. The average molecular weight is 844 g/mol. The normalized spacial score (nSPS) is 25.4. The molecule has 0 spiro atoms. The first-order valence-electron chi connectivity index (χ1n) is 19.4. The number of hydrogen-bond acceptors (Lipinski definition) is 11. The number of halogens is 2. The molecule has 3 N–H and O–H groups in total. The second-order valence-corrected chi connectivity index (χ2v) is 17.1. The van der Waals surface area contributed by atoms with Gasteiger partial charge in [0.1, 0.15) is 17.6 Å². The van der Waals surface area contributed by atoms with E-state index in [1.165, 1.54) is 4.31 Å². The second kappa shape index (κ2) is 19.2. The van der Waals surface area contributed by atoms with Gasteiger partial charge in [0.05, 0.1) is 23.2 Å². The summed E-state index contributed by atoms with van der Waals surface area (Å²) in [6.45, 7) is 11.4. The maximum atomic E-state index is 13.6. The zero-order valence-corrected chi connectivity index (χ0v) is 35.2. The van der Waals surface area contributed by atoms with Gasteiger partial charge in [0.25, 0.3) is 5.91 Å². The molecule has 2 aromatic rings. The lowest BCUT2D eigenvalue weighted by atomic mass is 9.89. The summed E-state index contributed by atoms with van der Waals surface area (Å²) in [4.78, 5) is 70.8. The molecular weight excluding hydrogens is 791 g/mol.